The van der Waals surface area contributed by atoms with Crippen LogP contribution in [0.25, 0.3) is 0 Å². The highest BCUT2D eigenvalue weighted by atomic mass is 35.5. The molecule has 2 aliphatic carbocycles. The monoisotopic (exact) mass is 323 g/mol. The molecule has 2 aliphatic rings. The fraction of sp³-hybridized carbons (Fsp3) is 0.500. The number of halogens is 1. The Hall–Kier alpha value is -1.59. The van der Waals surface area contributed by atoms with Crippen molar-refractivity contribution in [1.82, 2.24) is 5.32 Å². The number of carbonyl (C=O) groups excluding carboxylic acids is 2. The van der Waals surface area contributed by atoms with Crippen molar-refractivity contribution in [2.24, 2.45) is 17.6 Å². The molecule has 0 spiro atoms. The van der Waals surface area contributed by atoms with E-state index < -0.39 is 0 Å². The summed E-state index contributed by atoms with van der Waals surface area (Å²) in [6, 6.07) is 7.08. The molecule has 1 unspecified atom stereocenters. The molecule has 2 fully saturated rings. The first-order valence-electron chi connectivity index (χ1n) is 7.59. The van der Waals surface area contributed by atoms with Gasteiger partial charge in [-0.1, -0.05) is 0 Å². The second-order valence-electron chi connectivity index (χ2n) is 5.99. The quantitative estimate of drug-likeness (QED) is 0.748. The Morgan fingerprint density at radius 3 is 2.27 bits per heavy atom. The van der Waals surface area contributed by atoms with Gasteiger partial charge in [0, 0.05) is 29.8 Å². The molecular formula is C16H22ClN3O2. The Morgan fingerprint density at radius 1 is 1.14 bits per heavy atom. The SMILES string of the molecule is Cl.NCC(NC(=O)c1ccc(NC(=O)C2CC2)cc1)C1CC1. The van der Waals surface area contributed by atoms with Crippen molar-refractivity contribution in [1.29, 1.82) is 0 Å². The molecule has 4 N–H and O–H groups in total. The van der Waals surface area contributed by atoms with Gasteiger partial charge in [0.15, 0.2) is 0 Å². The third-order valence-electron chi connectivity index (χ3n) is 4.12. The molecule has 0 aliphatic heterocycles. The van der Waals surface area contributed by atoms with E-state index >= 15 is 0 Å². The van der Waals surface area contributed by atoms with Crippen LogP contribution in [0.3, 0.4) is 0 Å². The van der Waals surface area contributed by atoms with Crippen LogP contribution in [-0.4, -0.2) is 24.4 Å². The van der Waals surface area contributed by atoms with Crippen LogP contribution in [0.1, 0.15) is 36.0 Å². The minimum absolute atomic E-state index is 0. The molecule has 0 bridgehead atoms. The van der Waals surface area contributed by atoms with Crippen LogP contribution in [-0.2, 0) is 4.79 Å². The largest absolute Gasteiger partial charge is 0.348 e. The summed E-state index contributed by atoms with van der Waals surface area (Å²) in [6.45, 7) is 0.478. The van der Waals surface area contributed by atoms with E-state index in [-0.39, 0.29) is 36.2 Å². The fourth-order valence-corrected chi connectivity index (χ4v) is 2.41. The molecule has 5 nitrogen and oxygen atoms in total. The first-order chi connectivity index (χ1) is 10.2. The standard InChI is InChI=1S/C16H21N3O2.ClH/c17-9-14(10-1-2-10)19-16(21)12-5-7-13(8-6-12)18-15(20)11-3-4-11;/h5-8,10-11,14H,1-4,9,17H2,(H,18,20)(H,19,21);1H. The maximum Gasteiger partial charge on any atom is 0.251 e. The molecular weight excluding hydrogens is 302 g/mol. The minimum Gasteiger partial charge on any atom is -0.348 e. The second kappa shape index (κ2) is 7.11. The van der Waals surface area contributed by atoms with Gasteiger partial charge in [0.1, 0.15) is 0 Å². The first kappa shape index (κ1) is 16.8. The highest BCUT2D eigenvalue weighted by molar-refractivity contribution is 5.96. The van der Waals surface area contributed by atoms with Gasteiger partial charge in [-0.3, -0.25) is 9.59 Å². The maximum absolute atomic E-state index is 12.1. The van der Waals surface area contributed by atoms with Gasteiger partial charge in [-0.15, -0.1) is 12.4 Å². The smallest absolute Gasteiger partial charge is 0.251 e. The van der Waals surface area contributed by atoms with E-state index in [4.69, 9.17) is 5.73 Å². The lowest BCUT2D eigenvalue weighted by atomic mass is 10.1. The number of hydrogen-bond acceptors (Lipinski definition) is 3. The Balaban J connectivity index is 0.00000176. The molecule has 0 saturated heterocycles. The Labute approximate surface area is 136 Å². The lowest BCUT2D eigenvalue weighted by Crippen LogP contribution is -2.41. The summed E-state index contributed by atoms with van der Waals surface area (Å²) in [6.07, 6.45) is 4.25. The topological polar surface area (TPSA) is 84.2 Å². The molecule has 22 heavy (non-hydrogen) atoms. The van der Waals surface area contributed by atoms with Crippen molar-refractivity contribution in [3.63, 3.8) is 0 Å². The van der Waals surface area contributed by atoms with Crippen LogP contribution in [0.15, 0.2) is 24.3 Å². The molecule has 1 aromatic rings. The maximum atomic E-state index is 12.1. The summed E-state index contributed by atoms with van der Waals surface area (Å²) < 4.78 is 0. The third kappa shape index (κ3) is 4.21. The number of rotatable bonds is 6. The molecule has 1 aromatic carbocycles. The van der Waals surface area contributed by atoms with Gasteiger partial charge >= 0.3 is 0 Å². The molecule has 120 valence electrons. The van der Waals surface area contributed by atoms with Gasteiger partial charge in [0.25, 0.3) is 5.91 Å². The van der Waals surface area contributed by atoms with Crippen LogP contribution in [0, 0.1) is 11.8 Å². The minimum atomic E-state index is -0.0996. The predicted octanol–water partition coefficient (Wildman–Crippen LogP) is 1.92. The average molecular weight is 324 g/mol. The van der Waals surface area contributed by atoms with Crippen molar-refractivity contribution < 1.29 is 9.59 Å². The Bertz CT molecular complexity index is 539. The van der Waals surface area contributed by atoms with E-state index in [1.165, 1.54) is 0 Å². The number of carbonyl (C=O) groups is 2. The lowest BCUT2D eigenvalue weighted by Gasteiger charge is -2.16. The second-order valence-corrected chi connectivity index (χ2v) is 5.99. The van der Waals surface area contributed by atoms with E-state index in [1.807, 2.05) is 0 Å². The average Bonchev–Trinajstić information content (AvgIpc) is 3.37. The van der Waals surface area contributed by atoms with Crippen LogP contribution in [0.2, 0.25) is 0 Å². The third-order valence-corrected chi connectivity index (χ3v) is 4.12. The van der Waals surface area contributed by atoms with Gasteiger partial charge in [0.05, 0.1) is 0 Å². The Morgan fingerprint density at radius 2 is 1.77 bits per heavy atom. The normalized spacial score (nSPS) is 18.0. The molecule has 0 heterocycles. The molecule has 6 heteroatoms. The van der Waals surface area contributed by atoms with Crippen molar-refractivity contribution in [3.8, 4) is 0 Å². The van der Waals surface area contributed by atoms with E-state index in [2.05, 4.69) is 10.6 Å². The summed E-state index contributed by atoms with van der Waals surface area (Å²) >= 11 is 0. The fourth-order valence-electron chi connectivity index (χ4n) is 2.41. The summed E-state index contributed by atoms with van der Waals surface area (Å²) in [7, 11) is 0. The van der Waals surface area contributed by atoms with Gasteiger partial charge < -0.3 is 16.4 Å². The summed E-state index contributed by atoms with van der Waals surface area (Å²) in [5.41, 5.74) is 7.02. The van der Waals surface area contributed by atoms with Crippen LogP contribution in [0.4, 0.5) is 5.69 Å². The zero-order valence-corrected chi connectivity index (χ0v) is 13.2. The molecule has 3 rings (SSSR count). The van der Waals surface area contributed by atoms with Crippen LogP contribution >= 0.6 is 12.4 Å². The molecule has 2 saturated carbocycles. The number of benzene rings is 1. The summed E-state index contributed by atoms with van der Waals surface area (Å²) in [4.78, 5) is 23.8. The zero-order chi connectivity index (χ0) is 14.8. The molecule has 0 radical (unpaired) electrons. The van der Waals surface area contributed by atoms with Crippen molar-refractivity contribution >= 4 is 29.9 Å². The summed E-state index contributed by atoms with van der Waals surface area (Å²) in [5, 5.41) is 5.84. The summed E-state index contributed by atoms with van der Waals surface area (Å²) in [5.74, 6) is 0.689. The molecule has 0 aromatic heterocycles. The van der Waals surface area contributed by atoms with E-state index in [9.17, 15) is 9.59 Å². The molecule has 1 atom stereocenters. The van der Waals surface area contributed by atoms with E-state index in [0.29, 0.717) is 18.0 Å². The van der Waals surface area contributed by atoms with Gasteiger partial charge in [0.2, 0.25) is 5.91 Å². The number of anilines is 1. The van der Waals surface area contributed by atoms with Gasteiger partial charge in [-0.05, 0) is 55.9 Å². The predicted molar refractivity (Wildman–Crippen MR) is 88.1 cm³/mol. The van der Waals surface area contributed by atoms with Crippen molar-refractivity contribution in [2.75, 3.05) is 11.9 Å². The number of nitrogens with one attached hydrogen (secondary N) is 2. The highest BCUT2D eigenvalue weighted by Crippen LogP contribution is 2.32. The number of amides is 2. The van der Waals surface area contributed by atoms with Crippen molar-refractivity contribution in [2.45, 2.75) is 31.7 Å². The molecule has 2 amide bonds. The van der Waals surface area contributed by atoms with E-state index in [1.54, 1.807) is 24.3 Å². The van der Waals surface area contributed by atoms with Gasteiger partial charge in [-0.25, -0.2) is 0 Å². The highest BCUT2D eigenvalue weighted by Gasteiger charge is 2.31. The number of hydrogen-bond donors (Lipinski definition) is 3. The van der Waals surface area contributed by atoms with Crippen LogP contribution < -0.4 is 16.4 Å². The van der Waals surface area contributed by atoms with E-state index in [0.717, 1.165) is 31.4 Å². The first-order valence-corrected chi connectivity index (χ1v) is 7.59. The van der Waals surface area contributed by atoms with Crippen molar-refractivity contribution in [3.05, 3.63) is 29.8 Å². The number of nitrogens with two attached hydrogens (primary N) is 1. The zero-order valence-electron chi connectivity index (χ0n) is 12.4. The Kier molecular flexibility index (Phi) is 5.42. The lowest BCUT2D eigenvalue weighted by molar-refractivity contribution is -0.117. The van der Waals surface area contributed by atoms with Gasteiger partial charge in [-0.2, -0.15) is 0 Å². The van der Waals surface area contributed by atoms with Crippen LogP contribution in [0.5, 0.6) is 0 Å².